The van der Waals surface area contributed by atoms with Gasteiger partial charge in [0.1, 0.15) is 0 Å². The van der Waals surface area contributed by atoms with Gasteiger partial charge < -0.3 is 10.1 Å². The maximum Gasteiger partial charge on any atom is 0.0595 e. The molecule has 2 rings (SSSR count). The van der Waals surface area contributed by atoms with Crippen LogP contribution >= 0.6 is 23.2 Å². The van der Waals surface area contributed by atoms with Crippen molar-refractivity contribution in [2.24, 2.45) is 5.92 Å². The zero-order valence-electron chi connectivity index (χ0n) is 15.8. The second-order valence-electron chi connectivity index (χ2n) is 7.58. The summed E-state index contributed by atoms with van der Waals surface area (Å²) in [4.78, 5) is 0. The molecule has 1 N–H and O–H groups in total. The first-order chi connectivity index (χ1) is 12.1. The molecular formula is C21H33Cl2NO. The number of hydrogen-bond donors (Lipinski definition) is 1. The minimum Gasteiger partial charge on any atom is -0.381 e. The van der Waals surface area contributed by atoms with Gasteiger partial charge in [0, 0.05) is 13.2 Å². The Bertz CT molecular complexity index is 517. The Morgan fingerprint density at radius 1 is 1.16 bits per heavy atom. The van der Waals surface area contributed by atoms with E-state index in [9.17, 15) is 0 Å². The molecule has 1 unspecified atom stereocenters. The molecule has 0 spiro atoms. The summed E-state index contributed by atoms with van der Waals surface area (Å²) < 4.78 is 5.51. The molecule has 0 radical (unpaired) electrons. The molecule has 1 aliphatic carbocycles. The van der Waals surface area contributed by atoms with Crippen LogP contribution in [0.1, 0.15) is 64.4 Å². The number of nitrogens with one attached hydrogen (secondary N) is 1. The predicted octanol–water partition coefficient (Wildman–Crippen LogP) is 6.24. The summed E-state index contributed by atoms with van der Waals surface area (Å²) in [5.41, 5.74) is 1.70. The standard InChI is InChI=1S/C21H33Cl2NO/c1-3-13-25-14-5-11-24-12-8-17(2)16-21(9-4-10-21)18-6-7-19(22)20(23)15-18/h6-7,15,17,24H,3-5,8-14,16H2,1-2H3. The van der Waals surface area contributed by atoms with Gasteiger partial charge in [0.05, 0.1) is 10.0 Å². The van der Waals surface area contributed by atoms with Gasteiger partial charge in [0.2, 0.25) is 0 Å². The molecule has 1 aromatic rings. The quantitative estimate of drug-likeness (QED) is 0.430. The summed E-state index contributed by atoms with van der Waals surface area (Å²) in [6.45, 7) is 8.42. The summed E-state index contributed by atoms with van der Waals surface area (Å²) in [7, 11) is 0. The number of halogens is 2. The highest BCUT2D eigenvalue weighted by atomic mass is 35.5. The van der Waals surface area contributed by atoms with Gasteiger partial charge in [0.15, 0.2) is 0 Å². The highest BCUT2D eigenvalue weighted by molar-refractivity contribution is 6.42. The third kappa shape index (κ3) is 6.43. The second kappa shape index (κ2) is 10.8. The Kier molecular flexibility index (Phi) is 9.06. The summed E-state index contributed by atoms with van der Waals surface area (Å²) in [6.07, 6.45) is 8.54. The molecular weight excluding hydrogens is 353 g/mol. The fourth-order valence-electron chi connectivity index (χ4n) is 3.83. The lowest BCUT2D eigenvalue weighted by Crippen LogP contribution is -2.36. The summed E-state index contributed by atoms with van der Waals surface area (Å²) in [5, 5.41) is 4.89. The van der Waals surface area contributed by atoms with E-state index < -0.39 is 0 Å². The predicted molar refractivity (Wildman–Crippen MR) is 109 cm³/mol. The molecule has 0 saturated heterocycles. The van der Waals surface area contributed by atoms with Crippen LogP contribution in [0.4, 0.5) is 0 Å². The lowest BCUT2D eigenvalue weighted by molar-refractivity contribution is 0.132. The van der Waals surface area contributed by atoms with Gasteiger partial charge in [-0.25, -0.2) is 0 Å². The van der Waals surface area contributed by atoms with Crippen molar-refractivity contribution < 1.29 is 4.74 Å². The molecule has 1 atom stereocenters. The van der Waals surface area contributed by atoms with Crippen molar-refractivity contribution in [1.82, 2.24) is 5.32 Å². The lowest BCUT2D eigenvalue weighted by Gasteiger charge is -2.44. The van der Waals surface area contributed by atoms with Crippen LogP contribution in [0, 0.1) is 5.92 Å². The van der Waals surface area contributed by atoms with E-state index in [4.69, 9.17) is 27.9 Å². The molecule has 142 valence electrons. The van der Waals surface area contributed by atoms with Crippen molar-refractivity contribution in [2.75, 3.05) is 26.3 Å². The van der Waals surface area contributed by atoms with E-state index in [0.717, 1.165) is 39.1 Å². The Hall–Kier alpha value is -0.280. The Morgan fingerprint density at radius 2 is 1.96 bits per heavy atom. The van der Waals surface area contributed by atoms with Crippen LogP contribution in [0.15, 0.2) is 18.2 Å². The number of hydrogen-bond acceptors (Lipinski definition) is 2. The fraction of sp³-hybridized carbons (Fsp3) is 0.714. The molecule has 0 aliphatic heterocycles. The van der Waals surface area contributed by atoms with E-state index in [1.807, 2.05) is 6.07 Å². The van der Waals surface area contributed by atoms with Crippen LogP contribution < -0.4 is 5.32 Å². The summed E-state index contributed by atoms with van der Waals surface area (Å²) >= 11 is 12.3. The third-order valence-electron chi connectivity index (χ3n) is 5.39. The van der Waals surface area contributed by atoms with Gasteiger partial charge in [0.25, 0.3) is 0 Å². The van der Waals surface area contributed by atoms with Gasteiger partial charge in [-0.3, -0.25) is 0 Å². The maximum absolute atomic E-state index is 6.25. The molecule has 1 fully saturated rings. The molecule has 1 aliphatic rings. The Labute approximate surface area is 163 Å². The van der Waals surface area contributed by atoms with Crippen LogP contribution in [0.5, 0.6) is 0 Å². The van der Waals surface area contributed by atoms with Crippen molar-refractivity contribution in [2.45, 2.75) is 64.2 Å². The molecule has 0 aromatic heterocycles. The van der Waals surface area contributed by atoms with Crippen molar-refractivity contribution in [3.05, 3.63) is 33.8 Å². The SMILES string of the molecule is CCCOCCCNCCC(C)CC1(c2ccc(Cl)c(Cl)c2)CCC1. The monoisotopic (exact) mass is 385 g/mol. The van der Waals surface area contributed by atoms with Crippen molar-refractivity contribution in [3.63, 3.8) is 0 Å². The second-order valence-corrected chi connectivity index (χ2v) is 8.39. The van der Waals surface area contributed by atoms with Crippen LogP contribution in [0.2, 0.25) is 10.0 Å². The average molecular weight is 386 g/mol. The third-order valence-corrected chi connectivity index (χ3v) is 6.13. The minimum absolute atomic E-state index is 0.321. The first-order valence-corrected chi connectivity index (χ1v) is 10.6. The maximum atomic E-state index is 6.25. The van der Waals surface area contributed by atoms with Gasteiger partial charge in [-0.05, 0) is 80.6 Å². The normalized spacial score (nSPS) is 17.3. The van der Waals surface area contributed by atoms with Crippen molar-refractivity contribution >= 4 is 23.2 Å². The Balaban J connectivity index is 1.71. The molecule has 1 aromatic carbocycles. The molecule has 25 heavy (non-hydrogen) atoms. The van der Waals surface area contributed by atoms with Gasteiger partial charge in [-0.1, -0.05) is 49.5 Å². The summed E-state index contributed by atoms with van der Waals surface area (Å²) in [5.74, 6) is 0.707. The zero-order valence-corrected chi connectivity index (χ0v) is 17.3. The van der Waals surface area contributed by atoms with E-state index in [1.165, 1.54) is 37.7 Å². The molecule has 0 bridgehead atoms. The fourth-order valence-corrected chi connectivity index (χ4v) is 4.13. The highest BCUT2D eigenvalue weighted by Gasteiger charge is 2.39. The zero-order chi connectivity index (χ0) is 18.1. The molecule has 0 amide bonds. The topological polar surface area (TPSA) is 21.3 Å². The van der Waals surface area contributed by atoms with E-state index in [0.29, 0.717) is 21.4 Å². The number of rotatable bonds is 12. The van der Waals surface area contributed by atoms with Crippen LogP contribution in [0.3, 0.4) is 0 Å². The lowest BCUT2D eigenvalue weighted by atomic mass is 9.60. The first kappa shape index (κ1) is 21.0. The molecule has 0 heterocycles. The van der Waals surface area contributed by atoms with Crippen LogP contribution in [-0.2, 0) is 10.2 Å². The van der Waals surface area contributed by atoms with Crippen molar-refractivity contribution in [1.29, 1.82) is 0 Å². The molecule has 1 saturated carbocycles. The van der Waals surface area contributed by atoms with Gasteiger partial charge >= 0.3 is 0 Å². The summed E-state index contributed by atoms with van der Waals surface area (Å²) in [6, 6.07) is 6.21. The molecule has 2 nitrogen and oxygen atoms in total. The average Bonchev–Trinajstić information content (AvgIpc) is 2.56. The van der Waals surface area contributed by atoms with E-state index in [-0.39, 0.29) is 0 Å². The van der Waals surface area contributed by atoms with Gasteiger partial charge in [-0.2, -0.15) is 0 Å². The van der Waals surface area contributed by atoms with E-state index in [2.05, 4.69) is 31.3 Å². The molecule has 4 heteroatoms. The van der Waals surface area contributed by atoms with Gasteiger partial charge in [-0.15, -0.1) is 0 Å². The Morgan fingerprint density at radius 3 is 2.60 bits per heavy atom. The van der Waals surface area contributed by atoms with Crippen LogP contribution in [-0.4, -0.2) is 26.3 Å². The van der Waals surface area contributed by atoms with Crippen LogP contribution in [0.25, 0.3) is 0 Å². The number of benzene rings is 1. The minimum atomic E-state index is 0.321. The van der Waals surface area contributed by atoms with E-state index in [1.54, 1.807) is 0 Å². The number of ether oxygens (including phenoxy) is 1. The van der Waals surface area contributed by atoms with E-state index >= 15 is 0 Å². The largest absolute Gasteiger partial charge is 0.381 e. The smallest absolute Gasteiger partial charge is 0.0595 e. The first-order valence-electron chi connectivity index (χ1n) is 9.81. The van der Waals surface area contributed by atoms with Crippen molar-refractivity contribution in [3.8, 4) is 0 Å². The highest BCUT2D eigenvalue weighted by Crippen LogP contribution is 2.49.